The highest BCUT2D eigenvalue weighted by atomic mass is 31.2. The Hall–Kier alpha value is -1.21. The van der Waals surface area contributed by atoms with Crippen molar-refractivity contribution in [2.75, 3.05) is 19.8 Å². The molecule has 4 nitrogen and oxygen atoms in total. The third-order valence-corrected chi connectivity index (χ3v) is 2.74. The van der Waals surface area contributed by atoms with Crippen molar-refractivity contribution in [1.29, 1.82) is 0 Å². The lowest BCUT2D eigenvalue weighted by Crippen LogP contribution is -2.02. The highest BCUT2D eigenvalue weighted by molar-refractivity contribution is 7.48. The van der Waals surface area contributed by atoms with E-state index in [1.54, 1.807) is 0 Å². The molecule has 0 fully saturated rings. The minimum Gasteiger partial charge on any atom is -0.286 e. The first-order valence-electron chi connectivity index (χ1n) is 4.52. The lowest BCUT2D eigenvalue weighted by atomic mass is 10.5. The molecule has 0 aliphatic heterocycles. The van der Waals surface area contributed by atoms with Gasteiger partial charge in [0, 0.05) is 12.8 Å². The number of terminal acetylenes is 3. The topological polar surface area (TPSA) is 44.8 Å². The molecule has 0 radical (unpaired) electrons. The molecule has 16 heavy (non-hydrogen) atoms. The van der Waals surface area contributed by atoms with E-state index in [4.69, 9.17) is 32.8 Å². The molecule has 0 saturated carbocycles. The molecule has 0 saturated heterocycles. The Labute approximate surface area is 96.3 Å². The van der Waals surface area contributed by atoms with Crippen LogP contribution in [-0.2, 0) is 18.1 Å². The molecule has 0 bridgehead atoms. The standard InChI is InChI=1S/C11H13O4P/c1-4-7-10-14-16(12,13-9-6-3)15-11-8-5-2/h1-3H,7-11H2. The van der Waals surface area contributed by atoms with Gasteiger partial charge >= 0.3 is 7.82 Å². The van der Waals surface area contributed by atoms with Crippen LogP contribution >= 0.6 is 7.82 Å². The Morgan fingerprint density at radius 2 is 1.38 bits per heavy atom. The van der Waals surface area contributed by atoms with Gasteiger partial charge in [0.15, 0.2) is 0 Å². The number of hydrogen-bond donors (Lipinski definition) is 0. The summed E-state index contributed by atoms with van der Waals surface area (Å²) in [6.07, 6.45) is 15.6. The van der Waals surface area contributed by atoms with Gasteiger partial charge in [0.05, 0.1) is 13.2 Å². The maximum atomic E-state index is 11.8. The van der Waals surface area contributed by atoms with Crippen molar-refractivity contribution in [3.05, 3.63) is 0 Å². The summed E-state index contributed by atoms with van der Waals surface area (Å²) in [7, 11) is -3.63. The molecular formula is C11H13O4P. The fourth-order valence-corrected chi connectivity index (χ4v) is 1.75. The van der Waals surface area contributed by atoms with Crippen LogP contribution < -0.4 is 0 Å². The van der Waals surface area contributed by atoms with Crippen LogP contribution in [0.15, 0.2) is 0 Å². The molecule has 0 amide bonds. The summed E-state index contributed by atoms with van der Waals surface area (Å²) in [6, 6.07) is 0. The van der Waals surface area contributed by atoms with Crippen LogP contribution in [0, 0.1) is 37.0 Å². The Balaban J connectivity index is 4.16. The first-order valence-corrected chi connectivity index (χ1v) is 5.98. The first-order chi connectivity index (χ1) is 7.68. The van der Waals surface area contributed by atoms with Gasteiger partial charge in [0.25, 0.3) is 0 Å². The van der Waals surface area contributed by atoms with Crippen LogP contribution in [0.25, 0.3) is 0 Å². The van der Waals surface area contributed by atoms with E-state index in [0.29, 0.717) is 12.8 Å². The van der Waals surface area contributed by atoms with Crippen LogP contribution in [0.1, 0.15) is 12.8 Å². The van der Waals surface area contributed by atoms with Gasteiger partial charge in [-0.05, 0) is 0 Å². The normalized spacial score (nSPS) is 10.1. The molecule has 0 aliphatic rings. The van der Waals surface area contributed by atoms with E-state index in [2.05, 4.69) is 17.8 Å². The second kappa shape index (κ2) is 9.05. The molecule has 0 aromatic heterocycles. The van der Waals surface area contributed by atoms with E-state index >= 15 is 0 Å². The van der Waals surface area contributed by atoms with Gasteiger partial charge in [-0.15, -0.1) is 31.1 Å². The van der Waals surface area contributed by atoms with E-state index < -0.39 is 7.82 Å². The van der Waals surface area contributed by atoms with E-state index in [9.17, 15) is 4.57 Å². The van der Waals surface area contributed by atoms with E-state index in [1.807, 2.05) is 0 Å². The van der Waals surface area contributed by atoms with Gasteiger partial charge in [-0.25, -0.2) is 4.57 Å². The Bertz CT molecular complexity index is 332. The average Bonchev–Trinajstić information content (AvgIpc) is 2.27. The van der Waals surface area contributed by atoms with Gasteiger partial charge in [-0.1, -0.05) is 5.92 Å². The molecule has 0 aromatic carbocycles. The maximum Gasteiger partial charge on any atom is 0.475 e. The fourth-order valence-electron chi connectivity index (χ4n) is 0.661. The Morgan fingerprint density at radius 1 is 0.875 bits per heavy atom. The molecule has 86 valence electrons. The van der Waals surface area contributed by atoms with E-state index in [-0.39, 0.29) is 19.8 Å². The zero-order chi connectivity index (χ0) is 12.3. The van der Waals surface area contributed by atoms with Crippen molar-refractivity contribution in [2.45, 2.75) is 12.8 Å². The van der Waals surface area contributed by atoms with Crippen molar-refractivity contribution in [2.24, 2.45) is 0 Å². The highest BCUT2D eigenvalue weighted by Crippen LogP contribution is 2.49. The number of phosphoric ester groups is 1. The Kier molecular flexibility index (Phi) is 8.36. The lowest BCUT2D eigenvalue weighted by molar-refractivity contribution is 0.127. The summed E-state index contributed by atoms with van der Waals surface area (Å²) >= 11 is 0. The molecule has 0 unspecified atom stereocenters. The van der Waals surface area contributed by atoms with Crippen LogP contribution in [0.5, 0.6) is 0 Å². The van der Waals surface area contributed by atoms with Crippen LogP contribution in [0.4, 0.5) is 0 Å². The molecule has 0 aromatic rings. The van der Waals surface area contributed by atoms with Crippen molar-refractivity contribution in [3.63, 3.8) is 0 Å². The molecule has 0 spiro atoms. The minimum atomic E-state index is -3.63. The van der Waals surface area contributed by atoms with Gasteiger partial charge in [-0.2, -0.15) is 0 Å². The summed E-state index contributed by atoms with van der Waals surface area (Å²) < 4.78 is 26.5. The van der Waals surface area contributed by atoms with Gasteiger partial charge in [0.1, 0.15) is 6.61 Å². The Morgan fingerprint density at radius 3 is 1.75 bits per heavy atom. The molecular weight excluding hydrogens is 227 g/mol. The predicted molar refractivity (Wildman–Crippen MR) is 61.2 cm³/mol. The average molecular weight is 240 g/mol. The quantitative estimate of drug-likeness (QED) is 0.369. The summed E-state index contributed by atoms with van der Waals surface area (Å²) in [4.78, 5) is 0. The van der Waals surface area contributed by atoms with Crippen molar-refractivity contribution < 1.29 is 18.1 Å². The van der Waals surface area contributed by atoms with Crippen molar-refractivity contribution in [1.82, 2.24) is 0 Å². The number of phosphoric acid groups is 1. The van der Waals surface area contributed by atoms with Crippen molar-refractivity contribution in [3.8, 4) is 37.0 Å². The van der Waals surface area contributed by atoms with Crippen LogP contribution in [-0.4, -0.2) is 19.8 Å². The van der Waals surface area contributed by atoms with Crippen molar-refractivity contribution >= 4 is 7.82 Å². The highest BCUT2D eigenvalue weighted by Gasteiger charge is 2.25. The zero-order valence-electron chi connectivity index (χ0n) is 8.85. The molecule has 0 aliphatic carbocycles. The van der Waals surface area contributed by atoms with Crippen LogP contribution in [0.2, 0.25) is 0 Å². The number of rotatable bonds is 8. The van der Waals surface area contributed by atoms with E-state index in [1.165, 1.54) is 0 Å². The fraction of sp³-hybridized carbons (Fsp3) is 0.455. The molecule has 0 heterocycles. The second-order valence-electron chi connectivity index (χ2n) is 2.50. The summed E-state index contributed by atoms with van der Waals surface area (Å²) in [5.41, 5.74) is 0. The summed E-state index contributed by atoms with van der Waals surface area (Å²) in [6.45, 7) is -0.00775. The summed E-state index contributed by atoms with van der Waals surface area (Å²) in [5.74, 6) is 6.84. The third kappa shape index (κ3) is 7.13. The maximum absolute atomic E-state index is 11.8. The van der Waals surface area contributed by atoms with Crippen LogP contribution in [0.3, 0.4) is 0 Å². The summed E-state index contributed by atoms with van der Waals surface area (Å²) in [5, 5.41) is 0. The first kappa shape index (κ1) is 14.8. The molecule has 0 N–H and O–H groups in total. The largest absolute Gasteiger partial charge is 0.475 e. The predicted octanol–water partition coefficient (Wildman–Crippen LogP) is 1.82. The van der Waals surface area contributed by atoms with E-state index in [0.717, 1.165) is 0 Å². The number of hydrogen-bond acceptors (Lipinski definition) is 4. The second-order valence-corrected chi connectivity index (χ2v) is 4.17. The SMILES string of the molecule is C#CCCOP(=O)(OCC#C)OCCC#C. The minimum absolute atomic E-state index is 0.0778. The molecule has 0 atom stereocenters. The van der Waals surface area contributed by atoms with Gasteiger partial charge in [-0.3, -0.25) is 13.6 Å². The van der Waals surface area contributed by atoms with Gasteiger partial charge < -0.3 is 0 Å². The molecule has 0 rings (SSSR count). The monoisotopic (exact) mass is 240 g/mol. The molecule has 5 heteroatoms. The zero-order valence-corrected chi connectivity index (χ0v) is 9.74. The smallest absolute Gasteiger partial charge is 0.286 e. The third-order valence-electron chi connectivity index (χ3n) is 1.30. The van der Waals surface area contributed by atoms with Gasteiger partial charge in [0.2, 0.25) is 0 Å². The lowest BCUT2D eigenvalue weighted by Gasteiger charge is -2.15.